The maximum Gasteiger partial charge on any atom is 0.338 e. The molecule has 0 radical (unpaired) electrons. The van der Waals surface area contributed by atoms with E-state index in [1.165, 1.54) is 7.11 Å². The molecule has 0 N–H and O–H groups in total. The average molecular weight is 450 g/mol. The van der Waals surface area contributed by atoms with E-state index in [0.717, 1.165) is 17.3 Å². The molecule has 1 saturated heterocycles. The number of hydrogen-bond acceptors (Lipinski definition) is 8. The zero-order valence-electron chi connectivity index (χ0n) is 18.7. The van der Waals surface area contributed by atoms with Crippen molar-refractivity contribution in [3.05, 3.63) is 65.5 Å². The van der Waals surface area contributed by atoms with Gasteiger partial charge in [-0.05, 0) is 53.7 Å². The van der Waals surface area contributed by atoms with Crippen LogP contribution in [0.5, 0.6) is 5.75 Å². The quantitative estimate of drug-likeness (QED) is 0.502. The predicted molar refractivity (Wildman–Crippen MR) is 119 cm³/mol. The highest BCUT2D eigenvalue weighted by Gasteiger charge is 2.26. The molecule has 0 atom stereocenters. The van der Waals surface area contributed by atoms with Crippen LogP contribution in [0.4, 0.5) is 0 Å². The number of nitrogens with zero attached hydrogens (tertiary/aromatic N) is 6. The average Bonchev–Trinajstić information content (AvgIpc) is 3.32. The molecule has 0 bridgehead atoms. The number of methoxy groups -OCH3 is 1. The highest BCUT2D eigenvalue weighted by molar-refractivity contribution is 6.05. The fourth-order valence-corrected chi connectivity index (χ4v) is 3.79. The Bertz CT molecular complexity index is 1110. The molecule has 2 heterocycles. The third-order valence-electron chi connectivity index (χ3n) is 5.51. The molecule has 10 nitrogen and oxygen atoms in total. The molecule has 4 rings (SSSR count). The first-order valence-electron chi connectivity index (χ1n) is 10.8. The summed E-state index contributed by atoms with van der Waals surface area (Å²) in [6.07, 6.45) is 0. The van der Waals surface area contributed by atoms with E-state index >= 15 is 0 Å². The highest BCUT2D eigenvalue weighted by atomic mass is 16.5. The van der Waals surface area contributed by atoms with E-state index in [2.05, 4.69) is 20.4 Å². The van der Waals surface area contributed by atoms with Gasteiger partial charge in [-0.2, -0.15) is 4.68 Å². The molecule has 1 amide bonds. The summed E-state index contributed by atoms with van der Waals surface area (Å²) in [5.74, 6) is 0.828. The van der Waals surface area contributed by atoms with Crippen LogP contribution in [0, 0.1) is 0 Å². The van der Waals surface area contributed by atoms with Crippen LogP contribution < -0.4 is 4.74 Å². The minimum Gasteiger partial charge on any atom is -0.494 e. The summed E-state index contributed by atoms with van der Waals surface area (Å²) < 4.78 is 12.0. The number of carbonyl (C=O) groups is 2. The molecule has 172 valence electrons. The third-order valence-corrected chi connectivity index (χ3v) is 5.51. The molecule has 33 heavy (non-hydrogen) atoms. The van der Waals surface area contributed by atoms with Crippen molar-refractivity contribution in [2.24, 2.45) is 0 Å². The van der Waals surface area contributed by atoms with Gasteiger partial charge in [0, 0.05) is 26.2 Å². The van der Waals surface area contributed by atoms with Gasteiger partial charge >= 0.3 is 5.97 Å². The van der Waals surface area contributed by atoms with E-state index in [9.17, 15) is 9.59 Å². The van der Waals surface area contributed by atoms with Crippen LogP contribution in [-0.2, 0) is 11.3 Å². The maximum absolute atomic E-state index is 13.0. The zero-order chi connectivity index (χ0) is 23.2. The van der Waals surface area contributed by atoms with Crippen molar-refractivity contribution >= 4 is 11.9 Å². The van der Waals surface area contributed by atoms with Gasteiger partial charge < -0.3 is 14.4 Å². The lowest BCUT2D eigenvalue weighted by atomic mass is 10.1. The second-order valence-corrected chi connectivity index (χ2v) is 7.54. The van der Waals surface area contributed by atoms with E-state index in [4.69, 9.17) is 9.47 Å². The highest BCUT2D eigenvalue weighted by Crippen LogP contribution is 2.18. The van der Waals surface area contributed by atoms with Crippen molar-refractivity contribution in [1.29, 1.82) is 0 Å². The fraction of sp³-hybridized carbons (Fsp3) is 0.348. The number of piperazine rings is 1. The molecule has 1 aromatic heterocycles. The van der Waals surface area contributed by atoms with Crippen LogP contribution in [0.3, 0.4) is 0 Å². The summed E-state index contributed by atoms with van der Waals surface area (Å²) in [6, 6.07) is 14.3. The number of hydrogen-bond donors (Lipinski definition) is 0. The SMILES string of the molecule is CCOc1ccc(-n2nnnc2CN2CCN(C(=O)c3ccccc3C(=O)OC)CC2)cc1. The van der Waals surface area contributed by atoms with Gasteiger partial charge in [-0.1, -0.05) is 12.1 Å². The molecule has 1 aliphatic rings. The van der Waals surface area contributed by atoms with Crippen molar-refractivity contribution in [2.45, 2.75) is 13.5 Å². The van der Waals surface area contributed by atoms with Crippen LogP contribution >= 0.6 is 0 Å². The summed E-state index contributed by atoms with van der Waals surface area (Å²) in [7, 11) is 1.31. The lowest BCUT2D eigenvalue weighted by molar-refractivity contribution is 0.0569. The van der Waals surface area contributed by atoms with E-state index in [1.807, 2.05) is 31.2 Å². The van der Waals surface area contributed by atoms with Crippen LogP contribution in [0.1, 0.15) is 33.5 Å². The van der Waals surface area contributed by atoms with Crippen LogP contribution in [-0.4, -0.2) is 81.8 Å². The van der Waals surface area contributed by atoms with Gasteiger partial charge in [-0.15, -0.1) is 5.10 Å². The molecule has 10 heteroatoms. The van der Waals surface area contributed by atoms with Crippen LogP contribution in [0.2, 0.25) is 0 Å². The number of aromatic nitrogens is 4. The van der Waals surface area contributed by atoms with Crippen LogP contribution in [0.25, 0.3) is 5.69 Å². The van der Waals surface area contributed by atoms with Gasteiger partial charge in [0.05, 0.1) is 37.1 Å². The third kappa shape index (κ3) is 5.01. The molecule has 3 aromatic rings. The van der Waals surface area contributed by atoms with Gasteiger partial charge in [-0.3, -0.25) is 9.69 Å². The topological polar surface area (TPSA) is 103 Å². The molecule has 0 unspecified atom stereocenters. The Morgan fingerprint density at radius 1 is 0.970 bits per heavy atom. The standard InChI is InChI=1S/C23H26N6O4/c1-3-33-18-10-8-17(9-11-18)29-21(24-25-26-29)16-27-12-14-28(15-13-27)22(30)19-6-4-5-7-20(19)23(31)32-2/h4-11H,3,12-16H2,1-2H3. The summed E-state index contributed by atoms with van der Waals surface area (Å²) in [5.41, 5.74) is 1.49. The van der Waals surface area contributed by atoms with E-state index in [1.54, 1.807) is 33.8 Å². The lowest BCUT2D eigenvalue weighted by Gasteiger charge is -2.34. The summed E-state index contributed by atoms with van der Waals surface area (Å²) in [6.45, 7) is 5.53. The van der Waals surface area contributed by atoms with Crippen molar-refractivity contribution < 1.29 is 19.1 Å². The first-order chi connectivity index (χ1) is 16.1. The summed E-state index contributed by atoms with van der Waals surface area (Å²) in [4.78, 5) is 29.0. The smallest absolute Gasteiger partial charge is 0.338 e. The number of rotatable bonds is 7. The monoisotopic (exact) mass is 450 g/mol. The summed E-state index contributed by atoms with van der Waals surface area (Å²) in [5, 5.41) is 12.1. The van der Waals surface area contributed by atoms with Gasteiger partial charge in [0.1, 0.15) is 5.75 Å². The Morgan fingerprint density at radius 2 is 1.67 bits per heavy atom. The van der Waals surface area contributed by atoms with E-state index < -0.39 is 5.97 Å². The second-order valence-electron chi connectivity index (χ2n) is 7.54. The molecular formula is C23H26N6O4. The van der Waals surface area contributed by atoms with Gasteiger partial charge in [0.25, 0.3) is 5.91 Å². The van der Waals surface area contributed by atoms with E-state index in [-0.39, 0.29) is 11.5 Å². The molecule has 2 aromatic carbocycles. The number of esters is 1. The summed E-state index contributed by atoms with van der Waals surface area (Å²) >= 11 is 0. The van der Waals surface area contributed by atoms with Gasteiger partial charge in [0.15, 0.2) is 5.82 Å². The Kier molecular flexibility index (Phi) is 6.94. The van der Waals surface area contributed by atoms with E-state index in [0.29, 0.717) is 44.9 Å². The first kappa shape index (κ1) is 22.4. The second kappa shape index (κ2) is 10.2. The Labute approximate surface area is 191 Å². The zero-order valence-corrected chi connectivity index (χ0v) is 18.7. The lowest BCUT2D eigenvalue weighted by Crippen LogP contribution is -2.48. The number of amides is 1. The Hall–Kier alpha value is -3.79. The fourth-order valence-electron chi connectivity index (χ4n) is 3.79. The Balaban J connectivity index is 1.39. The minimum absolute atomic E-state index is 0.171. The predicted octanol–water partition coefficient (Wildman–Crippen LogP) is 1.81. The maximum atomic E-state index is 13.0. The molecule has 0 spiro atoms. The molecule has 1 fully saturated rings. The molecular weight excluding hydrogens is 424 g/mol. The van der Waals surface area contributed by atoms with Crippen LogP contribution in [0.15, 0.2) is 48.5 Å². The number of benzene rings is 2. The molecule has 0 saturated carbocycles. The number of carbonyl (C=O) groups excluding carboxylic acids is 2. The Morgan fingerprint density at radius 3 is 2.33 bits per heavy atom. The van der Waals surface area contributed by atoms with Gasteiger partial charge in [-0.25, -0.2) is 4.79 Å². The molecule has 0 aliphatic carbocycles. The number of ether oxygens (including phenoxy) is 2. The van der Waals surface area contributed by atoms with Crippen molar-refractivity contribution in [3.8, 4) is 11.4 Å². The van der Waals surface area contributed by atoms with Crippen molar-refractivity contribution in [1.82, 2.24) is 30.0 Å². The number of tetrazole rings is 1. The minimum atomic E-state index is -0.515. The largest absolute Gasteiger partial charge is 0.494 e. The first-order valence-corrected chi connectivity index (χ1v) is 10.8. The molecule has 1 aliphatic heterocycles. The van der Waals surface area contributed by atoms with Gasteiger partial charge in [0.2, 0.25) is 0 Å². The normalized spacial score (nSPS) is 14.2. The van der Waals surface area contributed by atoms with Crippen molar-refractivity contribution in [3.63, 3.8) is 0 Å². The van der Waals surface area contributed by atoms with Crippen molar-refractivity contribution in [2.75, 3.05) is 39.9 Å².